The topological polar surface area (TPSA) is 74.1 Å². The molecule has 0 aliphatic heterocycles. The van der Waals surface area contributed by atoms with Crippen LogP contribution < -0.4 is 0 Å². The number of nitrogens with zero attached hydrogens (tertiary/aromatic N) is 3. The zero-order valence-electron chi connectivity index (χ0n) is 12.9. The summed E-state index contributed by atoms with van der Waals surface area (Å²) in [4.78, 5) is 4.38. The number of thioether (sulfide) groups is 1. The zero-order valence-corrected chi connectivity index (χ0v) is 14.5. The molecule has 0 spiro atoms. The van der Waals surface area contributed by atoms with Crippen LogP contribution in [0.25, 0.3) is 0 Å². The van der Waals surface area contributed by atoms with Crippen LogP contribution in [0.4, 0.5) is 0 Å². The number of hydrogen-bond acceptors (Lipinski definition) is 5. The quantitative estimate of drug-likeness (QED) is 0.771. The van der Waals surface area contributed by atoms with Gasteiger partial charge < -0.3 is 0 Å². The van der Waals surface area contributed by atoms with Gasteiger partial charge in [0.1, 0.15) is 4.90 Å². The summed E-state index contributed by atoms with van der Waals surface area (Å²) in [5, 5.41) is 9.25. The van der Waals surface area contributed by atoms with Crippen molar-refractivity contribution < 1.29 is 8.42 Å². The van der Waals surface area contributed by atoms with Crippen LogP contribution in [0.15, 0.2) is 28.3 Å². The number of nitriles is 1. The van der Waals surface area contributed by atoms with E-state index in [0.29, 0.717) is 5.03 Å². The van der Waals surface area contributed by atoms with Gasteiger partial charge in [-0.1, -0.05) is 31.0 Å². The Morgan fingerprint density at radius 2 is 2.05 bits per heavy atom. The molecule has 0 aromatic carbocycles. The predicted octanol–water partition coefficient (Wildman–Crippen LogP) is 3.04. The third-order valence-electron chi connectivity index (χ3n) is 3.95. The van der Waals surface area contributed by atoms with E-state index < -0.39 is 10.0 Å². The lowest BCUT2D eigenvalue weighted by Crippen LogP contribution is -2.38. The molecule has 0 radical (unpaired) electrons. The standard InChI is InChI=1S/C15H21N3O2S2/c1-12(10-16)21-15-9-8-14(11-17-15)22(19,20)18(2)13-6-4-3-5-7-13/h8-9,11-13H,3-7H2,1-2H3/t12-/m0/s1. The molecule has 1 aliphatic rings. The van der Waals surface area contributed by atoms with Crippen molar-refractivity contribution in [2.24, 2.45) is 0 Å². The third kappa shape index (κ3) is 4.00. The highest BCUT2D eigenvalue weighted by Gasteiger charge is 2.29. The fourth-order valence-electron chi connectivity index (χ4n) is 2.60. The summed E-state index contributed by atoms with van der Waals surface area (Å²) in [6, 6.07) is 5.45. The Hall–Kier alpha value is -1.10. The van der Waals surface area contributed by atoms with E-state index in [-0.39, 0.29) is 16.2 Å². The van der Waals surface area contributed by atoms with Crippen molar-refractivity contribution in [3.63, 3.8) is 0 Å². The SMILES string of the molecule is C[C@@H](C#N)Sc1ccc(S(=O)(=O)N(C)C2CCCCC2)cn1. The van der Waals surface area contributed by atoms with E-state index in [1.807, 2.05) is 0 Å². The van der Waals surface area contributed by atoms with E-state index in [4.69, 9.17) is 5.26 Å². The third-order valence-corrected chi connectivity index (χ3v) is 6.79. The molecule has 22 heavy (non-hydrogen) atoms. The van der Waals surface area contributed by atoms with Crippen molar-refractivity contribution in [1.29, 1.82) is 5.26 Å². The van der Waals surface area contributed by atoms with Crippen molar-refractivity contribution in [2.75, 3.05) is 7.05 Å². The smallest absolute Gasteiger partial charge is 0.244 e. The summed E-state index contributed by atoms with van der Waals surface area (Å²) in [6.45, 7) is 1.79. The van der Waals surface area contributed by atoms with E-state index in [1.165, 1.54) is 28.7 Å². The Balaban J connectivity index is 2.13. The van der Waals surface area contributed by atoms with Gasteiger partial charge in [0, 0.05) is 19.3 Å². The molecule has 1 atom stereocenters. The van der Waals surface area contributed by atoms with Gasteiger partial charge in [-0.2, -0.15) is 9.57 Å². The zero-order chi connectivity index (χ0) is 16.2. The van der Waals surface area contributed by atoms with E-state index in [1.54, 1.807) is 26.1 Å². The van der Waals surface area contributed by atoms with Crippen molar-refractivity contribution in [3.8, 4) is 6.07 Å². The number of rotatable bonds is 5. The molecule has 120 valence electrons. The molecule has 0 N–H and O–H groups in total. The van der Waals surface area contributed by atoms with Crippen LogP contribution in [-0.2, 0) is 10.0 Å². The molecular formula is C15H21N3O2S2. The number of sulfonamides is 1. The largest absolute Gasteiger partial charge is 0.249 e. The van der Waals surface area contributed by atoms with Crippen molar-refractivity contribution in [2.45, 2.75) is 60.2 Å². The minimum Gasteiger partial charge on any atom is -0.249 e. The average molecular weight is 339 g/mol. The normalized spacial score (nSPS) is 18.1. The summed E-state index contributed by atoms with van der Waals surface area (Å²) in [7, 11) is -1.83. The van der Waals surface area contributed by atoms with Gasteiger partial charge in [0.15, 0.2) is 0 Å². The maximum Gasteiger partial charge on any atom is 0.244 e. The molecule has 2 rings (SSSR count). The summed E-state index contributed by atoms with van der Waals surface area (Å²) >= 11 is 1.32. The van der Waals surface area contributed by atoms with Crippen LogP contribution in [0.2, 0.25) is 0 Å². The van der Waals surface area contributed by atoms with Crippen LogP contribution in [0, 0.1) is 11.3 Å². The Morgan fingerprint density at radius 1 is 1.36 bits per heavy atom. The summed E-state index contributed by atoms with van der Waals surface area (Å²) < 4.78 is 26.8. The molecule has 1 aromatic rings. The highest BCUT2D eigenvalue weighted by molar-refractivity contribution is 8.00. The van der Waals surface area contributed by atoms with Crippen molar-refractivity contribution in [1.82, 2.24) is 9.29 Å². The Labute approximate surface area is 136 Å². The lowest BCUT2D eigenvalue weighted by molar-refractivity contribution is 0.286. The van der Waals surface area contributed by atoms with Crippen molar-refractivity contribution in [3.05, 3.63) is 18.3 Å². The van der Waals surface area contributed by atoms with Gasteiger partial charge in [0.05, 0.1) is 16.3 Å². The highest BCUT2D eigenvalue weighted by atomic mass is 32.2. The van der Waals surface area contributed by atoms with Crippen LogP contribution in [0.3, 0.4) is 0 Å². The molecule has 0 amide bonds. The van der Waals surface area contributed by atoms with Crippen molar-refractivity contribution >= 4 is 21.8 Å². The van der Waals surface area contributed by atoms with Gasteiger partial charge in [-0.25, -0.2) is 13.4 Å². The molecule has 1 aromatic heterocycles. The van der Waals surface area contributed by atoms with Gasteiger partial charge in [-0.05, 0) is 31.9 Å². The molecule has 1 aliphatic carbocycles. The van der Waals surface area contributed by atoms with E-state index in [0.717, 1.165) is 25.7 Å². The molecule has 1 saturated carbocycles. The second-order valence-electron chi connectivity index (χ2n) is 5.53. The number of hydrogen-bond donors (Lipinski definition) is 0. The first-order valence-corrected chi connectivity index (χ1v) is 9.77. The Kier molecular flexibility index (Phi) is 5.84. The fourth-order valence-corrected chi connectivity index (χ4v) is 4.64. The molecule has 7 heteroatoms. The summed E-state index contributed by atoms with van der Waals surface area (Å²) in [5.74, 6) is 0. The van der Waals surface area contributed by atoms with Crippen LogP contribution in [0.5, 0.6) is 0 Å². The van der Waals surface area contributed by atoms with E-state index in [9.17, 15) is 8.42 Å². The Morgan fingerprint density at radius 3 is 2.59 bits per heavy atom. The van der Waals surface area contributed by atoms with Gasteiger partial charge >= 0.3 is 0 Å². The van der Waals surface area contributed by atoms with Gasteiger partial charge in [-0.3, -0.25) is 0 Å². The second kappa shape index (κ2) is 7.44. The first kappa shape index (κ1) is 17.3. The van der Waals surface area contributed by atoms with Gasteiger partial charge in [-0.15, -0.1) is 0 Å². The molecular weight excluding hydrogens is 318 g/mol. The lowest BCUT2D eigenvalue weighted by Gasteiger charge is -2.30. The molecule has 1 fully saturated rings. The average Bonchev–Trinajstić information content (AvgIpc) is 2.55. The Bertz CT molecular complexity index is 632. The van der Waals surface area contributed by atoms with Gasteiger partial charge in [0.25, 0.3) is 0 Å². The van der Waals surface area contributed by atoms with Crippen LogP contribution in [-0.4, -0.2) is 36.0 Å². The lowest BCUT2D eigenvalue weighted by atomic mass is 9.96. The number of pyridine rings is 1. The minimum absolute atomic E-state index is 0.0893. The predicted molar refractivity (Wildman–Crippen MR) is 87.0 cm³/mol. The summed E-state index contributed by atoms with van der Waals surface area (Å²) in [5.41, 5.74) is 0. The molecule has 5 nitrogen and oxygen atoms in total. The molecule has 1 heterocycles. The number of aromatic nitrogens is 1. The fraction of sp³-hybridized carbons (Fsp3) is 0.600. The first-order valence-electron chi connectivity index (χ1n) is 7.45. The van der Waals surface area contributed by atoms with Crippen LogP contribution in [0.1, 0.15) is 39.0 Å². The first-order chi connectivity index (χ1) is 10.4. The minimum atomic E-state index is -3.49. The van der Waals surface area contributed by atoms with E-state index in [2.05, 4.69) is 11.1 Å². The molecule has 0 saturated heterocycles. The van der Waals surface area contributed by atoms with Crippen LogP contribution >= 0.6 is 11.8 Å². The molecule has 0 bridgehead atoms. The monoisotopic (exact) mass is 339 g/mol. The highest BCUT2D eigenvalue weighted by Crippen LogP contribution is 2.27. The summed E-state index contributed by atoms with van der Waals surface area (Å²) in [6.07, 6.45) is 6.61. The molecule has 0 unspecified atom stereocenters. The maximum absolute atomic E-state index is 12.6. The van der Waals surface area contributed by atoms with E-state index >= 15 is 0 Å². The van der Waals surface area contributed by atoms with Gasteiger partial charge in [0.2, 0.25) is 10.0 Å². The second-order valence-corrected chi connectivity index (χ2v) is 8.89. The maximum atomic E-state index is 12.6.